The molecule has 1 atom stereocenters. The zero-order valence-electron chi connectivity index (χ0n) is 15.0. The first-order valence-electron chi connectivity index (χ1n) is 8.59. The number of nitrogens with zero attached hydrogens (tertiary/aromatic N) is 1. The summed E-state index contributed by atoms with van der Waals surface area (Å²) < 4.78 is 6.31. The molecule has 3 heteroatoms. The molecule has 0 saturated heterocycles. The molecular weight excluding hydrogens is 318 g/mol. The van der Waals surface area contributed by atoms with Crippen LogP contribution in [0.15, 0.2) is 36.4 Å². The van der Waals surface area contributed by atoms with E-state index >= 15 is 0 Å². The summed E-state index contributed by atoms with van der Waals surface area (Å²) in [6.07, 6.45) is 3.44. The third-order valence-electron chi connectivity index (χ3n) is 5.03. The Morgan fingerprint density at radius 2 is 1.96 bits per heavy atom. The number of fused-ring (bicyclic) bond motifs is 1. The van der Waals surface area contributed by atoms with Gasteiger partial charge in [-0.2, -0.15) is 0 Å². The van der Waals surface area contributed by atoms with Crippen LogP contribution in [0, 0.1) is 6.92 Å². The molecule has 24 heavy (non-hydrogen) atoms. The maximum atomic E-state index is 6.31. The standard InChI is InChI=1S/C21H26ClNO/c1-15-7-10-20(19(12-15)23(3)4)24-14-21(2)11-5-6-16-13-17(22)8-9-18(16)21/h7-10,12-13H,5-6,11,14H2,1-4H3. The van der Waals surface area contributed by atoms with Crippen molar-refractivity contribution in [1.82, 2.24) is 0 Å². The van der Waals surface area contributed by atoms with Crippen molar-refractivity contribution in [3.8, 4) is 5.75 Å². The lowest BCUT2D eigenvalue weighted by Crippen LogP contribution is -2.34. The third-order valence-corrected chi connectivity index (χ3v) is 5.27. The first-order chi connectivity index (χ1) is 11.4. The molecule has 3 rings (SSSR count). The van der Waals surface area contributed by atoms with Crippen LogP contribution in [0.3, 0.4) is 0 Å². The van der Waals surface area contributed by atoms with Gasteiger partial charge in [-0.15, -0.1) is 0 Å². The number of aryl methyl sites for hydroxylation is 2. The van der Waals surface area contributed by atoms with Crippen LogP contribution in [-0.4, -0.2) is 20.7 Å². The van der Waals surface area contributed by atoms with Gasteiger partial charge in [0.25, 0.3) is 0 Å². The summed E-state index contributed by atoms with van der Waals surface area (Å²) in [5, 5.41) is 0.826. The molecule has 0 spiro atoms. The lowest BCUT2D eigenvalue weighted by Gasteiger charge is -2.36. The SMILES string of the molecule is Cc1ccc(OCC2(C)CCCc3cc(Cl)ccc32)c(N(C)C)c1. The number of rotatable bonds is 4. The molecule has 0 bridgehead atoms. The van der Waals surface area contributed by atoms with Crippen molar-refractivity contribution in [2.75, 3.05) is 25.6 Å². The molecule has 0 saturated carbocycles. The molecule has 0 heterocycles. The van der Waals surface area contributed by atoms with Gasteiger partial charge < -0.3 is 9.64 Å². The fourth-order valence-corrected chi connectivity index (χ4v) is 3.84. The predicted molar refractivity (Wildman–Crippen MR) is 103 cm³/mol. The van der Waals surface area contributed by atoms with Crippen molar-refractivity contribution >= 4 is 17.3 Å². The average molecular weight is 344 g/mol. The first-order valence-corrected chi connectivity index (χ1v) is 8.96. The smallest absolute Gasteiger partial charge is 0.142 e. The summed E-state index contributed by atoms with van der Waals surface area (Å²) in [6.45, 7) is 5.10. The molecule has 128 valence electrons. The lowest BCUT2D eigenvalue weighted by atomic mass is 9.72. The molecule has 0 aliphatic heterocycles. The molecule has 0 aromatic heterocycles. The van der Waals surface area contributed by atoms with E-state index in [1.54, 1.807) is 0 Å². The van der Waals surface area contributed by atoms with Crippen LogP contribution in [0.25, 0.3) is 0 Å². The maximum absolute atomic E-state index is 6.31. The van der Waals surface area contributed by atoms with Gasteiger partial charge in [0.1, 0.15) is 5.75 Å². The highest BCUT2D eigenvalue weighted by atomic mass is 35.5. The molecule has 2 nitrogen and oxygen atoms in total. The summed E-state index contributed by atoms with van der Waals surface area (Å²) in [7, 11) is 4.11. The van der Waals surface area contributed by atoms with Gasteiger partial charge in [0, 0.05) is 24.5 Å². The second kappa shape index (κ2) is 6.68. The molecule has 2 aromatic carbocycles. The monoisotopic (exact) mass is 343 g/mol. The zero-order valence-corrected chi connectivity index (χ0v) is 15.8. The molecule has 2 aromatic rings. The number of halogens is 1. The van der Waals surface area contributed by atoms with E-state index in [9.17, 15) is 0 Å². The second-order valence-electron chi connectivity index (χ2n) is 7.37. The molecule has 0 amide bonds. The molecular formula is C21H26ClNO. The Morgan fingerprint density at radius 1 is 1.17 bits per heavy atom. The molecule has 1 unspecified atom stereocenters. The minimum atomic E-state index is 0.0344. The summed E-state index contributed by atoms with van der Waals surface area (Å²) in [5.74, 6) is 0.952. The van der Waals surface area contributed by atoms with Gasteiger partial charge in [0.05, 0.1) is 12.3 Å². The Balaban J connectivity index is 1.85. The Bertz CT molecular complexity index is 741. The molecule has 0 fully saturated rings. The van der Waals surface area contributed by atoms with Crippen LogP contribution >= 0.6 is 11.6 Å². The van der Waals surface area contributed by atoms with Gasteiger partial charge in [-0.25, -0.2) is 0 Å². The van der Waals surface area contributed by atoms with Crippen LogP contribution in [0.2, 0.25) is 5.02 Å². The Labute approximate surface area is 150 Å². The van der Waals surface area contributed by atoms with E-state index in [-0.39, 0.29) is 5.41 Å². The molecule has 1 aliphatic rings. The highest BCUT2D eigenvalue weighted by Gasteiger charge is 2.33. The van der Waals surface area contributed by atoms with Crippen molar-refractivity contribution < 1.29 is 4.74 Å². The highest BCUT2D eigenvalue weighted by Crippen LogP contribution is 2.39. The van der Waals surface area contributed by atoms with E-state index in [0.717, 1.165) is 29.3 Å². The highest BCUT2D eigenvalue weighted by molar-refractivity contribution is 6.30. The van der Waals surface area contributed by atoms with Gasteiger partial charge in [-0.1, -0.05) is 30.7 Å². The maximum Gasteiger partial charge on any atom is 0.142 e. The fourth-order valence-electron chi connectivity index (χ4n) is 3.65. The normalized spacial score (nSPS) is 19.7. The average Bonchev–Trinajstić information content (AvgIpc) is 2.53. The summed E-state index contributed by atoms with van der Waals surface area (Å²) in [4.78, 5) is 2.11. The summed E-state index contributed by atoms with van der Waals surface area (Å²) >= 11 is 6.18. The largest absolute Gasteiger partial charge is 0.490 e. The first kappa shape index (κ1) is 17.2. The van der Waals surface area contributed by atoms with Gasteiger partial charge in [0.2, 0.25) is 0 Å². The Morgan fingerprint density at radius 3 is 2.71 bits per heavy atom. The second-order valence-corrected chi connectivity index (χ2v) is 7.81. The molecule has 1 aliphatic carbocycles. The van der Waals surface area contributed by atoms with Crippen LogP contribution in [0.5, 0.6) is 5.75 Å². The van der Waals surface area contributed by atoms with Crippen molar-refractivity contribution in [1.29, 1.82) is 0 Å². The van der Waals surface area contributed by atoms with Crippen molar-refractivity contribution in [2.45, 2.75) is 38.5 Å². The van der Waals surface area contributed by atoms with Crippen molar-refractivity contribution in [3.05, 3.63) is 58.1 Å². The summed E-state index contributed by atoms with van der Waals surface area (Å²) in [5.41, 5.74) is 5.17. The molecule has 0 radical (unpaired) electrons. The minimum absolute atomic E-state index is 0.0344. The quantitative estimate of drug-likeness (QED) is 0.738. The zero-order chi connectivity index (χ0) is 17.3. The topological polar surface area (TPSA) is 12.5 Å². The van der Waals surface area contributed by atoms with Gasteiger partial charge in [-0.3, -0.25) is 0 Å². The number of hydrogen-bond acceptors (Lipinski definition) is 2. The van der Waals surface area contributed by atoms with Crippen LogP contribution in [0.4, 0.5) is 5.69 Å². The van der Waals surface area contributed by atoms with Crippen molar-refractivity contribution in [2.24, 2.45) is 0 Å². The fraction of sp³-hybridized carbons (Fsp3) is 0.429. The summed E-state index contributed by atoms with van der Waals surface area (Å²) in [6, 6.07) is 12.7. The van der Waals surface area contributed by atoms with E-state index < -0.39 is 0 Å². The van der Waals surface area contributed by atoms with Gasteiger partial charge >= 0.3 is 0 Å². The Hall–Kier alpha value is -1.67. The van der Waals surface area contributed by atoms with E-state index in [4.69, 9.17) is 16.3 Å². The van der Waals surface area contributed by atoms with E-state index in [0.29, 0.717) is 6.61 Å². The Kier molecular flexibility index (Phi) is 4.78. The van der Waals surface area contributed by atoms with Crippen molar-refractivity contribution in [3.63, 3.8) is 0 Å². The van der Waals surface area contributed by atoms with Gasteiger partial charge in [-0.05, 0) is 67.1 Å². The lowest BCUT2D eigenvalue weighted by molar-refractivity contribution is 0.209. The van der Waals surface area contributed by atoms with E-state index in [2.05, 4.69) is 63.2 Å². The minimum Gasteiger partial charge on any atom is -0.490 e. The predicted octanol–water partition coefficient (Wildman–Crippen LogP) is 5.39. The number of anilines is 1. The van der Waals surface area contributed by atoms with Crippen LogP contribution in [-0.2, 0) is 11.8 Å². The van der Waals surface area contributed by atoms with Crippen LogP contribution in [0.1, 0.15) is 36.5 Å². The van der Waals surface area contributed by atoms with E-state index in [1.807, 2.05) is 6.07 Å². The number of ether oxygens (including phenoxy) is 1. The number of benzene rings is 2. The van der Waals surface area contributed by atoms with E-state index in [1.165, 1.54) is 23.1 Å². The molecule has 0 N–H and O–H groups in total. The third kappa shape index (κ3) is 3.39. The van der Waals surface area contributed by atoms with Crippen LogP contribution < -0.4 is 9.64 Å². The van der Waals surface area contributed by atoms with Gasteiger partial charge in [0.15, 0.2) is 0 Å². The number of hydrogen-bond donors (Lipinski definition) is 0.